The number of aliphatic hydroxyl groups excluding tert-OH is 6. The molecular formula is C28H53NO8. The van der Waals surface area contributed by atoms with E-state index in [2.05, 4.69) is 12.2 Å². The molecule has 0 aromatic heterocycles. The van der Waals surface area contributed by atoms with Gasteiger partial charge < -0.3 is 40.7 Å². The Labute approximate surface area is 222 Å². The van der Waals surface area contributed by atoms with Crippen LogP contribution >= 0.6 is 0 Å². The van der Waals surface area contributed by atoms with Crippen LogP contribution in [0.25, 0.3) is 0 Å². The Balaban J connectivity index is 2.46. The lowest BCUT2D eigenvalue weighted by molar-refractivity contribution is -0.216. The van der Waals surface area contributed by atoms with Crippen molar-refractivity contribution in [3.8, 4) is 0 Å². The molecule has 1 aliphatic rings. The summed E-state index contributed by atoms with van der Waals surface area (Å²) < 4.78 is 5.45. The highest BCUT2D eigenvalue weighted by Crippen LogP contribution is 2.22. The van der Waals surface area contributed by atoms with Crippen molar-refractivity contribution in [2.75, 3.05) is 6.61 Å². The summed E-state index contributed by atoms with van der Waals surface area (Å²) in [6, 6.07) is -0.938. The molecule has 7 N–H and O–H groups in total. The number of nitrogens with one attached hydrogen (secondary N) is 1. The Hall–Kier alpha value is -1.07. The normalized spacial score (nSPS) is 26.8. The molecule has 1 rings (SSSR count). The van der Waals surface area contributed by atoms with E-state index in [4.69, 9.17) is 4.74 Å². The standard InChI is InChI=1S/C28H53NO8/c1-3-5-6-7-8-9-10-11-12-13-14-15-16-21(31)25(33)20(29-24(32)4-2)17-18-22-26(34)28(36)27(35)23(19-30)37-22/h17-18,20-23,25-28,30-31,33-36H,3-16,19H2,1-2H3,(H,29,32)/b18-17+/t20-,21+,22+,23?,25-,26?,27-,28+/m0/s1. The van der Waals surface area contributed by atoms with E-state index in [1.807, 2.05) is 0 Å². The number of hydrogen-bond donors (Lipinski definition) is 7. The number of amides is 1. The molecule has 0 aliphatic carbocycles. The van der Waals surface area contributed by atoms with E-state index in [1.165, 1.54) is 69.9 Å². The van der Waals surface area contributed by atoms with Crippen LogP contribution in [0, 0.1) is 0 Å². The highest BCUT2D eigenvalue weighted by atomic mass is 16.5. The van der Waals surface area contributed by atoms with Crippen LogP contribution in [0.4, 0.5) is 0 Å². The van der Waals surface area contributed by atoms with Crippen molar-refractivity contribution < 1.29 is 40.2 Å². The summed E-state index contributed by atoms with van der Waals surface area (Å²) in [4.78, 5) is 12.0. The van der Waals surface area contributed by atoms with Crippen molar-refractivity contribution in [3.05, 3.63) is 12.2 Å². The van der Waals surface area contributed by atoms with Crippen molar-refractivity contribution in [1.29, 1.82) is 0 Å². The Morgan fingerprint density at radius 1 is 0.838 bits per heavy atom. The third-order valence-electron chi connectivity index (χ3n) is 7.20. The summed E-state index contributed by atoms with van der Waals surface area (Å²) in [5.74, 6) is -0.319. The summed E-state index contributed by atoms with van der Waals surface area (Å²) in [5.41, 5.74) is 0. The first-order valence-corrected chi connectivity index (χ1v) is 14.4. The molecule has 9 nitrogen and oxygen atoms in total. The molecule has 1 aliphatic heterocycles. The minimum atomic E-state index is -1.52. The lowest BCUT2D eigenvalue weighted by atomic mass is 9.93. The van der Waals surface area contributed by atoms with Gasteiger partial charge in [-0.2, -0.15) is 0 Å². The van der Waals surface area contributed by atoms with Crippen LogP contribution in [0.3, 0.4) is 0 Å². The first-order valence-electron chi connectivity index (χ1n) is 14.4. The monoisotopic (exact) mass is 531 g/mol. The zero-order valence-electron chi connectivity index (χ0n) is 22.9. The predicted octanol–water partition coefficient (Wildman–Crippen LogP) is 2.09. The molecule has 0 aromatic rings. The van der Waals surface area contributed by atoms with E-state index >= 15 is 0 Å². The van der Waals surface area contributed by atoms with Crippen LogP contribution in [0.1, 0.15) is 104 Å². The van der Waals surface area contributed by atoms with Gasteiger partial charge in [0.25, 0.3) is 0 Å². The van der Waals surface area contributed by atoms with Crippen LogP contribution in [-0.2, 0) is 9.53 Å². The average molecular weight is 532 g/mol. The summed E-state index contributed by atoms with van der Waals surface area (Å²) in [7, 11) is 0. The van der Waals surface area contributed by atoms with Crippen LogP contribution < -0.4 is 5.32 Å². The maximum Gasteiger partial charge on any atom is 0.220 e. The van der Waals surface area contributed by atoms with Gasteiger partial charge in [0.15, 0.2) is 0 Å². The maximum atomic E-state index is 12.0. The molecule has 8 atom stereocenters. The number of ether oxygens (including phenoxy) is 1. The number of unbranched alkanes of at least 4 members (excludes halogenated alkanes) is 11. The van der Waals surface area contributed by atoms with Crippen molar-refractivity contribution in [2.24, 2.45) is 0 Å². The number of carbonyl (C=O) groups is 1. The molecule has 0 radical (unpaired) electrons. The molecule has 0 saturated carbocycles. The molecule has 2 unspecified atom stereocenters. The number of rotatable bonds is 20. The third-order valence-corrected chi connectivity index (χ3v) is 7.20. The maximum absolute atomic E-state index is 12.0. The Bertz CT molecular complexity index is 617. The van der Waals surface area contributed by atoms with Crippen molar-refractivity contribution in [2.45, 2.75) is 153 Å². The van der Waals surface area contributed by atoms with E-state index in [0.29, 0.717) is 6.42 Å². The molecule has 0 spiro atoms. The summed E-state index contributed by atoms with van der Waals surface area (Å²) in [6.45, 7) is 3.35. The zero-order valence-corrected chi connectivity index (χ0v) is 22.9. The topological polar surface area (TPSA) is 160 Å². The fourth-order valence-electron chi connectivity index (χ4n) is 4.66. The minimum absolute atomic E-state index is 0.186. The Kier molecular flexibility index (Phi) is 18.3. The fraction of sp³-hybridized carbons (Fsp3) is 0.893. The van der Waals surface area contributed by atoms with Crippen LogP contribution in [-0.4, -0.2) is 91.9 Å². The second kappa shape index (κ2) is 19.9. The van der Waals surface area contributed by atoms with Crippen LogP contribution in [0.5, 0.6) is 0 Å². The zero-order chi connectivity index (χ0) is 27.6. The van der Waals surface area contributed by atoms with Gasteiger partial charge >= 0.3 is 0 Å². The minimum Gasteiger partial charge on any atom is -0.394 e. The van der Waals surface area contributed by atoms with E-state index in [0.717, 1.165) is 19.3 Å². The van der Waals surface area contributed by atoms with Gasteiger partial charge in [0.1, 0.15) is 36.6 Å². The third kappa shape index (κ3) is 13.0. The first-order chi connectivity index (χ1) is 17.8. The molecule has 1 saturated heterocycles. The first kappa shape index (κ1) is 34.0. The molecule has 0 bridgehead atoms. The SMILES string of the molecule is CCCCCCCCCCCCCC[C@@H](O)[C@@H](O)[C@H](/C=C/[C@H]1OC(CO)[C@H](O)[C@H](O)C1O)NC(=O)CC. The number of hydrogen-bond acceptors (Lipinski definition) is 8. The van der Waals surface area contributed by atoms with E-state index in [1.54, 1.807) is 6.92 Å². The van der Waals surface area contributed by atoms with Crippen LogP contribution in [0.15, 0.2) is 12.2 Å². The average Bonchev–Trinajstić information content (AvgIpc) is 2.90. The highest BCUT2D eigenvalue weighted by Gasteiger charge is 2.42. The van der Waals surface area contributed by atoms with Gasteiger partial charge in [-0.05, 0) is 6.42 Å². The van der Waals surface area contributed by atoms with Gasteiger partial charge in [0, 0.05) is 6.42 Å². The molecule has 0 aromatic carbocycles. The van der Waals surface area contributed by atoms with E-state index in [-0.39, 0.29) is 12.3 Å². The summed E-state index contributed by atoms with van der Waals surface area (Å²) in [6.07, 6.45) is 8.86. The number of aliphatic hydroxyl groups is 6. The molecule has 37 heavy (non-hydrogen) atoms. The molecule has 218 valence electrons. The van der Waals surface area contributed by atoms with Gasteiger partial charge in [-0.1, -0.05) is 103 Å². The quantitative estimate of drug-likeness (QED) is 0.0929. The lowest BCUT2D eigenvalue weighted by Gasteiger charge is -2.39. The van der Waals surface area contributed by atoms with E-state index < -0.39 is 55.4 Å². The molecule has 1 fully saturated rings. The number of carbonyl (C=O) groups excluding carboxylic acids is 1. The van der Waals surface area contributed by atoms with Gasteiger partial charge in [-0.25, -0.2) is 0 Å². The largest absolute Gasteiger partial charge is 0.394 e. The van der Waals surface area contributed by atoms with Gasteiger partial charge in [-0.15, -0.1) is 0 Å². The highest BCUT2D eigenvalue weighted by molar-refractivity contribution is 5.76. The molecule has 1 heterocycles. The second-order valence-corrected chi connectivity index (χ2v) is 10.4. The summed E-state index contributed by atoms with van der Waals surface area (Å²) >= 11 is 0. The van der Waals surface area contributed by atoms with Gasteiger partial charge in [0.05, 0.1) is 18.8 Å². The van der Waals surface area contributed by atoms with Crippen molar-refractivity contribution >= 4 is 5.91 Å². The lowest BCUT2D eigenvalue weighted by Crippen LogP contribution is -2.58. The van der Waals surface area contributed by atoms with Gasteiger partial charge in [0.2, 0.25) is 5.91 Å². The van der Waals surface area contributed by atoms with Crippen LogP contribution in [0.2, 0.25) is 0 Å². The second-order valence-electron chi connectivity index (χ2n) is 10.4. The van der Waals surface area contributed by atoms with E-state index in [9.17, 15) is 35.4 Å². The smallest absolute Gasteiger partial charge is 0.220 e. The Morgan fingerprint density at radius 2 is 1.38 bits per heavy atom. The Morgan fingerprint density at radius 3 is 1.89 bits per heavy atom. The van der Waals surface area contributed by atoms with Crippen molar-refractivity contribution in [1.82, 2.24) is 5.32 Å². The molecule has 9 heteroatoms. The molecular weight excluding hydrogens is 478 g/mol. The fourth-order valence-corrected chi connectivity index (χ4v) is 4.66. The van der Waals surface area contributed by atoms with Crippen molar-refractivity contribution in [3.63, 3.8) is 0 Å². The van der Waals surface area contributed by atoms with Gasteiger partial charge in [-0.3, -0.25) is 4.79 Å². The predicted molar refractivity (Wildman–Crippen MR) is 143 cm³/mol. The summed E-state index contributed by atoms with van der Waals surface area (Å²) in [5, 5.41) is 63.4. The molecule has 1 amide bonds.